The summed E-state index contributed by atoms with van der Waals surface area (Å²) in [4.78, 5) is 0. The molecule has 0 aromatic rings. The van der Waals surface area contributed by atoms with Crippen LogP contribution in [-0.2, 0) is 4.74 Å². The third kappa shape index (κ3) is 2.73. The van der Waals surface area contributed by atoms with E-state index >= 15 is 0 Å². The lowest BCUT2D eigenvalue weighted by Crippen LogP contribution is -2.27. The Hall–Kier alpha value is -0.180. The summed E-state index contributed by atoms with van der Waals surface area (Å²) in [5.41, 5.74) is 0. The van der Waals surface area contributed by atoms with Crippen LogP contribution in [0.25, 0.3) is 0 Å². The van der Waals surface area contributed by atoms with E-state index in [1.165, 1.54) is 0 Å². The molecule has 2 unspecified atom stereocenters. The molecule has 0 aliphatic heterocycles. The SMILES string of the molecule is CC1CCCCC1OC(F)F. The summed E-state index contributed by atoms with van der Waals surface area (Å²) in [7, 11) is 0. The van der Waals surface area contributed by atoms with Crippen molar-refractivity contribution in [3.8, 4) is 0 Å². The lowest BCUT2D eigenvalue weighted by Gasteiger charge is -2.28. The first-order valence-corrected chi connectivity index (χ1v) is 4.14. The highest BCUT2D eigenvalue weighted by molar-refractivity contribution is 4.71. The topological polar surface area (TPSA) is 9.23 Å². The van der Waals surface area contributed by atoms with Gasteiger partial charge < -0.3 is 4.74 Å². The lowest BCUT2D eigenvalue weighted by molar-refractivity contribution is -0.181. The normalized spacial score (nSPS) is 32.7. The Morgan fingerprint density at radius 3 is 2.45 bits per heavy atom. The molecule has 0 aromatic heterocycles. The van der Waals surface area contributed by atoms with Crippen LogP contribution in [0.15, 0.2) is 0 Å². The van der Waals surface area contributed by atoms with E-state index in [1.807, 2.05) is 6.92 Å². The Kier molecular flexibility index (Phi) is 3.24. The first kappa shape index (κ1) is 8.91. The van der Waals surface area contributed by atoms with Gasteiger partial charge in [-0.3, -0.25) is 0 Å². The van der Waals surface area contributed by atoms with Crippen molar-refractivity contribution in [1.82, 2.24) is 0 Å². The minimum absolute atomic E-state index is 0.205. The fourth-order valence-corrected chi connectivity index (χ4v) is 1.62. The zero-order chi connectivity index (χ0) is 8.27. The van der Waals surface area contributed by atoms with Crippen LogP contribution < -0.4 is 0 Å². The second kappa shape index (κ2) is 4.00. The van der Waals surface area contributed by atoms with Gasteiger partial charge in [-0.15, -0.1) is 0 Å². The van der Waals surface area contributed by atoms with Crippen LogP contribution in [-0.4, -0.2) is 12.7 Å². The summed E-state index contributed by atoms with van der Waals surface area (Å²) in [6.07, 6.45) is 3.80. The van der Waals surface area contributed by atoms with Gasteiger partial charge in [0, 0.05) is 0 Å². The van der Waals surface area contributed by atoms with Crippen LogP contribution >= 0.6 is 0 Å². The Bertz CT molecular complexity index is 117. The zero-order valence-corrected chi connectivity index (χ0v) is 6.72. The molecule has 2 atom stereocenters. The molecule has 0 saturated heterocycles. The maximum absolute atomic E-state index is 11.8. The standard InChI is InChI=1S/C8H14F2O/c1-6-4-2-3-5-7(6)11-8(9)10/h6-8H,2-5H2,1H3. The first-order chi connectivity index (χ1) is 5.20. The van der Waals surface area contributed by atoms with Gasteiger partial charge in [0.1, 0.15) is 0 Å². The fraction of sp³-hybridized carbons (Fsp3) is 1.00. The number of halogens is 2. The van der Waals surface area contributed by atoms with Gasteiger partial charge in [-0.2, -0.15) is 8.78 Å². The molecule has 0 aromatic carbocycles. The average molecular weight is 164 g/mol. The molecule has 1 aliphatic carbocycles. The van der Waals surface area contributed by atoms with Crippen molar-refractivity contribution in [1.29, 1.82) is 0 Å². The van der Waals surface area contributed by atoms with Crippen molar-refractivity contribution < 1.29 is 13.5 Å². The van der Waals surface area contributed by atoms with Gasteiger partial charge in [-0.25, -0.2) is 0 Å². The van der Waals surface area contributed by atoms with Gasteiger partial charge in [-0.05, 0) is 18.8 Å². The summed E-state index contributed by atoms with van der Waals surface area (Å²) < 4.78 is 28.0. The van der Waals surface area contributed by atoms with Crippen molar-refractivity contribution in [2.24, 2.45) is 5.92 Å². The van der Waals surface area contributed by atoms with Crippen molar-refractivity contribution in [3.63, 3.8) is 0 Å². The van der Waals surface area contributed by atoms with Gasteiger partial charge in [0.25, 0.3) is 0 Å². The quantitative estimate of drug-likeness (QED) is 0.609. The van der Waals surface area contributed by atoms with Crippen LogP contribution in [0.3, 0.4) is 0 Å². The zero-order valence-electron chi connectivity index (χ0n) is 6.72. The highest BCUT2D eigenvalue weighted by Gasteiger charge is 2.24. The van der Waals surface area contributed by atoms with E-state index in [0.717, 1.165) is 25.7 Å². The molecule has 0 spiro atoms. The maximum atomic E-state index is 11.8. The molecule has 1 rings (SSSR count). The molecule has 1 fully saturated rings. The minimum atomic E-state index is -2.60. The van der Waals surface area contributed by atoms with Gasteiger partial charge in [0.15, 0.2) is 0 Å². The number of alkyl halides is 2. The highest BCUT2D eigenvalue weighted by Crippen LogP contribution is 2.27. The molecule has 0 radical (unpaired) electrons. The summed E-state index contributed by atoms with van der Waals surface area (Å²) in [5.74, 6) is 0.303. The van der Waals surface area contributed by atoms with E-state index in [2.05, 4.69) is 4.74 Å². The van der Waals surface area contributed by atoms with Crippen molar-refractivity contribution in [2.45, 2.75) is 45.3 Å². The van der Waals surface area contributed by atoms with Gasteiger partial charge in [0.05, 0.1) is 6.10 Å². The van der Waals surface area contributed by atoms with Gasteiger partial charge in [0.2, 0.25) is 0 Å². The summed E-state index contributed by atoms with van der Waals surface area (Å²) in [6.45, 7) is -0.618. The molecular weight excluding hydrogens is 150 g/mol. The molecule has 11 heavy (non-hydrogen) atoms. The highest BCUT2D eigenvalue weighted by atomic mass is 19.3. The predicted octanol–water partition coefficient (Wildman–Crippen LogP) is 2.80. The second-order valence-electron chi connectivity index (χ2n) is 3.20. The third-order valence-electron chi connectivity index (χ3n) is 2.31. The Morgan fingerprint density at radius 1 is 1.27 bits per heavy atom. The van der Waals surface area contributed by atoms with Crippen LogP contribution in [0.2, 0.25) is 0 Å². The number of ether oxygens (including phenoxy) is 1. The number of rotatable bonds is 2. The minimum Gasteiger partial charge on any atom is -0.319 e. The molecule has 1 nitrogen and oxygen atoms in total. The molecule has 0 bridgehead atoms. The van der Waals surface area contributed by atoms with Gasteiger partial charge in [-0.1, -0.05) is 19.8 Å². The Balaban J connectivity index is 2.29. The Labute approximate surface area is 65.7 Å². The van der Waals surface area contributed by atoms with E-state index in [4.69, 9.17) is 0 Å². The smallest absolute Gasteiger partial charge is 0.319 e. The molecule has 3 heteroatoms. The predicted molar refractivity (Wildman–Crippen MR) is 38.5 cm³/mol. The molecular formula is C8H14F2O. The van der Waals surface area contributed by atoms with Crippen LogP contribution in [0, 0.1) is 5.92 Å². The molecule has 0 heterocycles. The second-order valence-corrected chi connectivity index (χ2v) is 3.20. The Morgan fingerprint density at radius 2 is 1.91 bits per heavy atom. The number of hydrogen-bond acceptors (Lipinski definition) is 1. The van der Waals surface area contributed by atoms with E-state index in [1.54, 1.807) is 0 Å². The average Bonchev–Trinajstić information content (AvgIpc) is 1.93. The van der Waals surface area contributed by atoms with Crippen molar-refractivity contribution in [3.05, 3.63) is 0 Å². The van der Waals surface area contributed by atoms with Crippen LogP contribution in [0.4, 0.5) is 8.78 Å². The largest absolute Gasteiger partial charge is 0.345 e. The van der Waals surface area contributed by atoms with Crippen molar-refractivity contribution >= 4 is 0 Å². The van der Waals surface area contributed by atoms with E-state index < -0.39 is 6.61 Å². The molecule has 1 saturated carbocycles. The first-order valence-electron chi connectivity index (χ1n) is 4.14. The fourth-order valence-electron chi connectivity index (χ4n) is 1.62. The third-order valence-corrected chi connectivity index (χ3v) is 2.31. The lowest BCUT2D eigenvalue weighted by atomic mass is 9.88. The molecule has 1 aliphatic rings. The summed E-state index contributed by atoms with van der Waals surface area (Å²) >= 11 is 0. The summed E-state index contributed by atoms with van der Waals surface area (Å²) in [6, 6.07) is 0. The van der Waals surface area contributed by atoms with E-state index in [-0.39, 0.29) is 6.10 Å². The van der Waals surface area contributed by atoms with Gasteiger partial charge >= 0.3 is 6.61 Å². The summed E-state index contributed by atoms with van der Waals surface area (Å²) in [5, 5.41) is 0. The maximum Gasteiger partial charge on any atom is 0.345 e. The van der Waals surface area contributed by atoms with E-state index in [9.17, 15) is 8.78 Å². The molecule has 0 amide bonds. The van der Waals surface area contributed by atoms with E-state index in [0.29, 0.717) is 5.92 Å². The van der Waals surface area contributed by atoms with Crippen LogP contribution in [0.5, 0.6) is 0 Å². The molecule has 0 N–H and O–H groups in total. The van der Waals surface area contributed by atoms with Crippen molar-refractivity contribution in [2.75, 3.05) is 0 Å². The number of hydrogen-bond donors (Lipinski definition) is 0. The molecule has 66 valence electrons. The van der Waals surface area contributed by atoms with Crippen LogP contribution in [0.1, 0.15) is 32.6 Å². The monoisotopic (exact) mass is 164 g/mol.